The molecular weight excluding hydrogens is 452 g/mol. The Morgan fingerprint density at radius 2 is 1.78 bits per heavy atom. The summed E-state index contributed by atoms with van der Waals surface area (Å²) in [5.74, 6) is 0.671. The minimum Gasteiger partial charge on any atom is -0.370 e. The number of likely N-dealkylation sites (tertiary alicyclic amines) is 1. The molecule has 0 radical (unpaired) electrons. The molecule has 3 aliphatic rings. The van der Waals surface area contributed by atoms with Crippen molar-refractivity contribution in [1.82, 2.24) is 29.7 Å². The molecule has 0 bridgehead atoms. The van der Waals surface area contributed by atoms with Gasteiger partial charge in [-0.05, 0) is 56.1 Å². The summed E-state index contributed by atoms with van der Waals surface area (Å²) >= 11 is 0. The van der Waals surface area contributed by atoms with E-state index in [1.807, 2.05) is 0 Å². The molecule has 9 heteroatoms. The first-order valence-electron chi connectivity index (χ1n) is 13.1. The fraction of sp³-hybridized carbons (Fsp3) is 0.481. The monoisotopic (exact) mass is 486 g/mol. The van der Waals surface area contributed by atoms with E-state index in [2.05, 4.69) is 54.2 Å². The van der Waals surface area contributed by atoms with Crippen LogP contribution in [0.5, 0.6) is 0 Å². The lowest BCUT2D eigenvalue weighted by Gasteiger charge is -2.35. The third-order valence-electron chi connectivity index (χ3n) is 7.89. The van der Waals surface area contributed by atoms with Gasteiger partial charge in [0.15, 0.2) is 0 Å². The van der Waals surface area contributed by atoms with Crippen LogP contribution in [-0.4, -0.2) is 76.3 Å². The van der Waals surface area contributed by atoms with Crippen LogP contribution in [0.3, 0.4) is 0 Å². The number of hydrogen-bond donors (Lipinski definition) is 1. The summed E-state index contributed by atoms with van der Waals surface area (Å²) in [5, 5.41) is 3.65. The first kappa shape index (κ1) is 23.1. The maximum absolute atomic E-state index is 12.7. The predicted octanol–water partition coefficient (Wildman–Crippen LogP) is 2.06. The number of rotatable bonds is 5. The first-order valence-corrected chi connectivity index (χ1v) is 13.1. The smallest absolute Gasteiger partial charge is 0.255 e. The Hall–Kier alpha value is -3.30. The van der Waals surface area contributed by atoms with E-state index in [0.717, 1.165) is 32.7 Å². The molecule has 3 fully saturated rings. The van der Waals surface area contributed by atoms with Gasteiger partial charge in [-0.15, -0.1) is 0 Å². The Kier molecular flexibility index (Phi) is 6.41. The molecule has 3 aliphatic heterocycles. The molecule has 3 saturated heterocycles. The first-order chi connectivity index (χ1) is 17.7. The van der Waals surface area contributed by atoms with Gasteiger partial charge in [-0.2, -0.15) is 0 Å². The van der Waals surface area contributed by atoms with E-state index >= 15 is 0 Å². The van der Waals surface area contributed by atoms with Gasteiger partial charge in [-0.1, -0.05) is 12.1 Å². The molecule has 1 aromatic carbocycles. The van der Waals surface area contributed by atoms with Gasteiger partial charge in [-0.25, -0.2) is 15.0 Å². The Labute approximate surface area is 211 Å². The molecule has 0 spiro atoms. The van der Waals surface area contributed by atoms with E-state index in [-0.39, 0.29) is 11.6 Å². The number of hydrogen-bond acceptors (Lipinski definition) is 8. The molecule has 0 amide bonds. The van der Waals surface area contributed by atoms with Crippen LogP contribution in [0.15, 0.2) is 53.7 Å². The van der Waals surface area contributed by atoms with Gasteiger partial charge < -0.3 is 15.1 Å². The lowest BCUT2D eigenvalue weighted by Crippen LogP contribution is -2.47. The molecule has 188 valence electrons. The second-order valence-electron chi connectivity index (χ2n) is 10.1. The summed E-state index contributed by atoms with van der Waals surface area (Å²) < 4.78 is 1.63. The lowest BCUT2D eigenvalue weighted by molar-refractivity contribution is 0.260. The van der Waals surface area contributed by atoms with Gasteiger partial charge >= 0.3 is 0 Å². The SMILES string of the molecule is Cn1c(N2CCN[C@@H](c3ccc(N4CCC(N5CCCC5)C4)cc3)C2)nc(-c2ccncn2)cc1=O. The maximum Gasteiger partial charge on any atom is 0.255 e. The van der Waals surface area contributed by atoms with E-state index in [1.165, 1.54) is 56.0 Å². The van der Waals surface area contributed by atoms with Crippen LogP contribution in [-0.2, 0) is 7.05 Å². The van der Waals surface area contributed by atoms with Gasteiger partial charge in [0.1, 0.15) is 6.33 Å². The highest BCUT2D eigenvalue weighted by Crippen LogP contribution is 2.28. The number of aromatic nitrogens is 4. The minimum atomic E-state index is -0.0918. The van der Waals surface area contributed by atoms with Gasteiger partial charge in [0.25, 0.3) is 5.56 Å². The highest BCUT2D eigenvalue weighted by Gasteiger charge is 2.30. The molecule has 2 aromatic heterocycles. The Bertz CT molecular complexity index is 1240. The van der Waals surface area contributed by atoms with Crippen molar-refractivity contribution in [2.45, 2.75) is 31.3 Å². The van der Waals surface area contributed by atoms with Crippen molar-refractivity contribution in [2.75, 3.05) is 55.6 Å². The van der Waals surface area contributed by atoms with E-state index in [1.54, 1.807) is 23.9 Å². The molecule has 0 aliphatic carbocycles. The van der Waals surface area contributed by atoms with E-state index in [9.17, 15) is 4.79 Å². The van der Waals surface area contributed by atoms with Crippen LogP contribution >= 0.6 is 0 Å². The van der Waals surface area contributed by atoms with Gasteiger partial charge in [0.05, 0.1) is 11.4 Å². The largest absolute Gasteiger partial charge is 0.370 e. The Balaban J connectivity index is 1.17. The standard InChI is InChI=1S/C27H34N8O/c1-32-26(36)16-24(23-8-10-28-19-30-23)31-27(32)35-15-11-29-25(18-35)20-4-6-21(7-5-20)34-14-9-22(17-34)33-12-2-3-13-33/h4-8,10,16,19,22,25,29H,2-3,9,11-15,17-18H2,1H3/t22?,25-/m1/s1. The third kappa shape index (κ3) is 4.60. The highest BCUT2D eigenvalue weighted by atomic mass is 16.1. The van der Waals surface area contributed by atoms with E-state index in [0.29, 0.717) is 23.4 Å². The summed E-state index contributed by atoms with van der Waals surface area (Å²) in [6.07, 6.45) is 7.12. The van der Waals surface area contributed by atoms with Crippen molar-refractivity contribution < 1.29 is 0 Å². The number of anilines is 2. The summed E-state index contributed by atoms with van der Waals surface area (Å²) in [4.78, 5) is 33.2. The molecule has 5 heterocycles. The minimum absolute atomic E-state index is 0.0918. The lowest BCUT2D eigenvalue weighted by atomic mass is 10.0. The number of benzene rings is 1. The zero-order valence-electron chi connectivity index (χ0n) is 20.9. The van der Waals surface area contributed by atoms with Crippen molar-refractivity contribution in [3.63, 3.8) is 0 Å². The van der Waals surface area contributed by atoms with Crippen molar-refractivity contribution in [1.29, 1.82) is 0 Å². The number of piperazine rings is 1. The Morgan fingerprint density at radius 1 is 0.944 bits per heavy atom. The zero-order valence-corrected chi connectivity index (χ0v) is 20.9. The van der Waals surface area contributed by atoms with Gasteiger partial charge in [-0.3, -0.25) is 14.3 Å². The molecule has 2 atom stereocenters. The van der Waals surface area contributed by atoms with Crippen molar-refractivity contribution in [3.8, 4) is 11.4 Å². The average molecular weight is 487 g/mol. The maximum atomic E-state index is 12.7. The molecule has 3 aromatic rings. The van der Waals surface area contributed by atoms with Crippen molar-refractivity contribution >= 4 is 11.6 Å². The molecule has 9 nitrogen and oxygen atoms in total. The van der Waals surface area contributed by atoms with E-state index in [4.69, 9.17) is 4.98 Å². The normalized spacial score (nSPS) is 22.9. The molecule has 1 unspecified atom stereocenters. The highest BCUT2D eigenvalue weighted by molar-refractivity contribution is 5.55. The average Bonchev–Trinajstić information content (AvgIpc) is 3.64. The fourth-order valence-corrected chi connectivity index (χ4v) is 5.84. The van der Waals surface area contributed by atoms with Crippen molar-refractivity contribution in [3.05, 3.63) is 64.8 Å². The van der Waals surface area contributed by atoms with Crippen LogP contribution in [0.4, 0.5) is 11.6 Å². The second kappa shape index (κ2) is 9.99. The molecule has 1 N–H and O–H groups in total. The predicted molar refractivity (Wildman–Crippen MR) is 141 cm³/mol. The van der Waals surface area contributed by atoms with Crippen molar-refractivity contribution in [2.24, 2.45) is 7.05 Å². The van der Waals surface area contributed by atoms with Gasteiger partial charge in [0.2, 0.25) is 5.95 Å². The quantitative estimate of drug-likeness (QED) is 0.587. The summed E-state index contributed by atoms with van der Waals surface area (Å²) in [5.41, 5.74) is 3.71. The molecular formula is C27H34N8O. The summed E-state index contributed by atoms with van der Waals surface area (Å²) in [6.45, 7) is 7.16. The second-order valence-corrected chi connectivity index (χ2v) is 10.1. The zero-order chi connectivity index (χ0) is 24.5. The number of nitrogens with one attached hydrogen (secondary N) is 1. The topological polar surface area (TPSA) is 82.4 Å². The van der Waals surface area contributed by atoms with Gasteiger partial charge in [0, 0.05) is 69.8 Å². The summed E-state index contributed by atoms with van der Waals surface area (Å²) in [7, 11) is 1.78. The number of nitrogens with zero attached hydrogens (tertiary/aromatic N) is 7. The van der Waals surface area contributed by atoms with Crippen LogP contribution in [0.1, 0.15) is 30.9 Å². The molecule has 6 rings (SSSR count). The molecule has 36 heavy (non-hydrogen) atoms. The van der Waals surface area contributed by atoms with E-state index < -0.39 is 0 Å². The van der Waals surface area contributed by atoms with Crippen LogP contribution in [0, 0.1) is 0 Å². The third-order valence-corrected chi connectivity index (χ3v) is 7.89. The van der Waals surface area contributed by atoms with Crippen LogP contribution in [0.25, 0.3) is 11.4 Å². The van der Waals surface area contributed by atoms with Crippen LogP contribution in [0.2, 0.25) is 0 Å². The van der Waals surface area contributed by atoms with Crippen LogP contribution < -0.4 is 20.7 Å². The Morgan fingerprint density at radius 3 is 2.56 bits per heavy atom. The molecule has 0 saturated carbocycles. The summed E-state index contributed by atoms with van der Waals surface area (Å²) in [6, 6.07) is 13.2. The fourth-order valence-electron chi connectivity index (χ4n) is 5.84.